The third-order valence-corrected chi connectivity index (χ3v) is 8.47. The van der Waals surface area contributed by atoms with Crippen LogP contribution in [-0.2, 0) is 42.3 Å². The summed E-state index contributed by atoms with van der Waals surface area (Å²) in [5.41, 5.74) is 17.1. The number of benzene rings is 2. The van der Waals surface area contributed by atoms with Gasteiger partial charge in [0.1, 0.15) is 37.9 Å². The van der Waals surface area contributed by atoms with Crippen LogP contribution in [0.25, 0.3) is 11.1 Å². The first kappa shape index (κ1) is 37.5. The Hall–Kier alpha value is -3.34. The third-order valence-electron chi connectivity index (χ3n) is 8.47. The molecule has 2 aromatic carbocycles. The molecule has 0 aromatic heterocycles. The van der Waals surface area contributed by atoms with Gasteiger partial charge in [-0.25, -0.2) is 12.2 Å². The zero-order chi connectivity index (χ0) is 32.5. The van der Waals surface area contributed by atoms with Crippen molar-refractivity contribution in [2.75, 3.05) is 26.4 Å². The van der Waals surface area contributed by atoms with E-state index in [1.54, 1.807) is 0 Å². The summed E-state index contributed by atoms with van der Waals surface area (Å²) in [7, 11) is 0. The van der Waals surface area contributed by atoms with Gasteiger partial charge >= 0.3 is 30.2 Å². The fraction of sp³-hybridized carbons (Fsp3) is 0.286. The van der Waals surface area contributed by atoms with Crippen LogP contribution in [0.15, 0.2) is 105 Å². The van der Waals surface area contributed by atoms with Gasteiger partial charge in [-0.2, -0.15) is 45.6 Å². The maximum atomic E-state index is 6.00. The first-order valence-electron chi connectivity index (χ1n) is 15.8. The van der Waals surface area contributed by atoms with Gasteiger partial charge in [-0.1, -0.05) is 72.5 Å². The molecule has 0 bridgehead atoms. The number of hydrogen-bond acceptors (Lipinski definition) is 4. The predicted molar refractivity (Wildman–Crippen MR) is 192 cm³/mol. The Labute approximate surface area is 304 Å². The summed E-state index contributed by atoms with van der Waals surface area (Å²) in [6.07, 6.45) is 12.9. The number of allylic oxidation sites excluding steroid dienone is 12. The average Bonchev–Trinajstić information content (AvgIpc) is 3.58. The van der Waals surface area contributed by atoms with Crippen molar-refractivity contribution < 1.29 is 42.3 Å². The van der Waals surface area contributed by atoms with E-state index < -0.39 is 0 Å². The molecule has 2 radical (unpaired) electrons. The van der Waals surface area contributed by atoms with E-state index in [1.807, 2.05) is 0 Å². The summed E-state index contributed by atoms with van der Waals surface area (Å²) in [5.74, 6) is 3.75. The molecule has 2 aromatic rings. The molecule has 48 heavy (non-hydrogen) atoms. The molecule has 4 nitrogen and oxygen atoms in total. The second-order valence-corrected chi connectivity index (χ2v) is 12.4. The van der Waals surface area contributed by atoms with Crippen molar-refractivity contribution in [2.24, 2.45) is 0 Å². The van der Waals surface area contributed by atoms with Crippen LogP contribution >= 0.6 is 0 Å². The summed E-state index contributed by atoms with van der Waals surface area (Å²) < 4.78 is 23.7. The predicted octanol–water partition coefficient (Wildman–Crippen LogP) is 9.33. The molecular formula is C42H44O4SiZr-4. The minimum atomic E-state index is 0. The Kier molecular flexibility index (Phi) is 12.4. The summed E-state index contributed by atoms with van der Waals surface area (Å²) in [4.78, 5) is 0. The van der Waals surface area contributed by atoms with Crippen LogP contribution in [0.5, 0.6) is 0 Å². The number of aryl methyl sites for hydroxylation is 4. The Morgan fingerprint density at radius 1 is 0.521 bits per heavy atom. The molecule has 2 aliphatic heterocycles. The van der Waals surface area contributed by atoms with Gasteiger partial charge in [0.2, 0.25) is 0 Å². The monoisotopic (exact) mass is 730 g/mol. The first-order valence-corrected chi connectivity index (χ1v) is 19.9. The van der Waals surface area contributed by atoms with E-state index in [4.69, 9.17) is 18.9 Å². The van der Waals surface area contributed by atoms with Crippen LogP contribution in [0.4, 0.5) is 0 Å². The SMILES string of the molecule is CC1=CC2=C(c3cc(C)cc(C)c3)C3=C(CC2=[C-]1)OCCO3.CC1=CC2=C(c3cc(C)cc(C)c3)C3=C(CC2=[C-]1)OCCO3.[CH3-].[CH3-].[Si]=[Zr]. The molecule has 0 fully saturated rings. The second-order valence-electron chi connectivity index (χ2n) is 12.4. The standard InChI is InChI=1S/2C20H19O2.2CH3.Si.Zr/c2*1-12-6-13(2)9-16(8-12)19-17-10-14(3)7-15(17)11-18-20(19)22-5-4-21-18;;;;/h2*6,8-10H,4-5,11H2,1-3H3;2*1H3;;/q4*-1;;. The van der Waals surface area contributed by atoms with Crippen molar-refractivity contribution in [3.63, 3.8) is 0 Å². The van der Waals surface area contributed by atoms with Crippen molar-refractivity contribution in [2.45, 2.75) is 54.4 Å². The summed E-state index contributed by atoms with van der Waals surface area (Å²) in [5, 5.41) is 0. The van der Waals surface area contributed by atoms with Crippen LogP contribution in [0.2, 0.25) is 0 Å². The molecule has 6 heteroatoms. The van der Waals surface area contributed by atoms with Crippen LogP contribution in [0, 0.1) is 54.7 Å². The van der Waals surface area contributed by atoms with E-state index >= 15 is 0 Å². The molecule has 4 aliphatic carbocycles. The molecule has 6 aliphatic rings. The molecule has 0 saturated heterocycles. The quantitative estimate of drug-likeness (QED) is 0.228. The molecule has 0 amide bonds. The molecule has 0 saturated carbocycles. The van der Waals surface area contributed by atoms with Gasteiger partial charge in [0.15, 0.2) is 11.5 Å². The average molecular weight is 732 g/mol. The molecule has 0 spiro atoms. The van der Waals surface area contributed by atoms with Gasteiger partial charge in [0.05, 0.1) is 0 Å². The second kappa shape index (κ2) is 15.9. The molecule has 8 rings (SSSR count). The third kappa shape index (κ3) is 7.61. The molecule has 248 valence electrons. The zero-order valence-corrected chi connectivity index (χ0v) is 33.0. The van der Waals surface area contributed by atoms with E-state index in [0.29, 0.717) is 26.4 Å². The first-order chi connectivity index (χ1) is 22.2. The molecule has 0 N–H and O–H groups in total. The number of ether oxygens (including phenoxy) is 4. The van der Waals surface area contributed by atoms with E-state index in [1.165, 1.54) is 90.2 Å². The van der Waals surface area contributed by atoms with Crippen LogP contribution < -0.4 is 0 Å². The number of fused-ring (bicyclic) bond motifs is 2. The van der Waals surface area contributed by atoms with Crippen LogP contribution in [-0.4, -0.2) is 33.3 Å². The van der Waals surface area contributed by atoms with Gasteiger partial charge in [-0.15, -0.1) is 0 Å². The fourth-order valence-electron chi connectivity index (χ4n) is 6.99. The Bertz CT molecular complexity index is 1700. The van der Waals surface area contributed by atoms with E-state index in [0.717, 1.165) is 47.0 Å². The Morgan fingerprint density at radius 2 is 0.854 bits per heavy atom. The fourth-order valence-corrected chi connectivity index (χ4v) is 6.99. The summed E-state index contributed by atoms with van der Waals surface area (Å²) in [6, 6.07) is 13.3. The van der Waals surface area contributed by atoms with Gasteiger partial charge in [0, 0.05) is 12.8 Å². The van der Waals surface area contributed by atoms with Crippen molar-refractivity contribution in [1.29, 1.82) is 0 Å². The van der Waals surface area contributed by atoms with Gasteiger partial charge in [-0.05, 0) is 50.0 Å². The summed E-state index contributed by atoms with van der Waals surface area (Å²) in [6.45, 7) is 18.3. The van der Waals surface area contributed by atoms with Crippen molar-refractivity contribution in [3.8, 4) is 0 Å². The van der Waals surface area contributed by atoms with E-state index in [2.05, 4.69) is 109 Å². The van der Waals surface area contributed by atoms with E-state index in [-0.39, 0.29) is 14.9 Å². The topological polar surface area (TPSA) is 36.9 Å². The summed E-state index contributed by atoms with van der Waals surface area (Å²) >= 11 is 1.36. The van der Waals surface area contributed by atoms with Crippen molar-refractivity contribution >= 4 is 18.0 Å². The van der Waals surface area contributed by atoms with Crippen molar-refractivity contribution in [1.82, 2.24) is 0 Å². The van der Waals surface area contributed by atoms with E-state index in [9.17, 15) is 0 Å². The van der Waals surface area contributed by atoms with Gasteiger partial charge < -0.3 is 33.8 Å². The van der Waals surface area contributed by atoms with Crippen LogP contribution in [0.3, 0.4) is 0 Å². The molecular weight excluding hydrogens is 688 g/mol. The Balaban J connectivity index is 0.000000198. The minimum absolute atomic E-state index is 0. The normalized spacial score (nSPS) is 18.4. The van der Waals surface area contributed by atoms with Gasteiger partial charge in [-0.3, -0.25) is 0 Å². The van der Waals surface area contributed by atoms with Crippen LogP contribution in [0.1, 0.15) is 60.1 Å². The molecule has 2 heterocycles. The number of rotatable bonds is 2. The van der Waals surface area contributed by atoms with Crippen molar-refractivity contribution in [3.05, 3.63) is 165 Å². The number of hydrogen-bond donors (Lipinski definition) is 0. The molecule has 0 atom stereocenters. The zero-order valence-electron chi connectivity index (χ0n) is 29.5. The van der Waals surface area contributed by atoms with Gasteiger partial charge in [0.25, 0.3) is 0 Å². The molecule has 0 unspecified atom stereocenters. The maximum absolute atomic E-state index is 6.00. The Morgan fingerprint density at radius 3 is 1.21 bits per heavy atom.